The van der Waals surface area contributed by atoms with Gasteiger partial charge in [0.25, 0.3) is 0 Å². The van der Waals surface area contributed by atoms with Crippen LogP contribution in [0.1, 0.15) is 0 Å². The lowest BCUT2D eigenvalue weighted by Crippen LogP contribution is -2.11. The minimum atomic E-state index is -0.466. The van der Waals surface area contributed by atoms with E-state index < -0.39 is 5.97 Å². The summed E-state index contributed by atoms with van der Waals surface area (Å²) in [5.41, 5.74) is 0. The predicted molar refractivity (Wildman–Crippen MR) is 61.0 cm³/mol. The number of para-hydroxylation sites is 1. The number of carbonyl (C=O) groups excluding carboxylic acids is 1. The predicted octanol–water partition coefficient (Wildman–Crippen LogP) is 2.52. The van der Waals surface area contributed by atoms with Gasteiger partial charge in [-0.3, -0.25) is 0 Å². The Labute approximate surface area is 96.8 Å². The quantitative estimate of drug-likeness (QED) is 0.469. The van der Waals surface area contributed by atoms with Gasteiger partial charge >= 0.3 is 5.97 Å². The molecule has 0 aliphatic rings. The van der Waals surface area contributed by atoms with Gasteiger partial charge in [0.2, 0.25) is 0 Å². The summed E-state index contributed by atoms with van der Waals surface area (Å²) in [6, 6.07) is 9.33. The van der Waals surface area contributed by atoms with Crippen molar-refractivity contribution < 1.29 is 14.3 Å². The van der Waals surface area contributed by atoms with Gasteiger partial charge in [-0.05, 0) is 28.1 Å². The first-order chi connectivity index (χ1) is 7.20. The van der Waals surface area contributed by atoms with Crippen molar-refractivity contribution in [2.75, 3.05) is 13.2 Å². The second-order valence-corrected chi connectivity index (χ2v) is 3.66. The first-order valence-electron chi connectivity index (χ1n) is 4.39. The van der Waals surface area contributed by atoms with Crippen LogP contribution in [0.4, 0.5) is 0 Å². The Kier molecular flexibility index (Phi) is 4.90. The SMILES string of the molecule is C=C(Br)C(=O)OCCOc1ccccc1. The zero-order chi connectivity index (χ0) is 11.1. The van der Waals surface area contributed by atoms with Crippen LogP contribution in [0.2, 0.25) is 0 Å². The third-order valence-electron chi connectivity index (χ3n) is 1.55. The number of benzene rings is 1. The Hall–Kier alpha value is -1.29. The summed E-state index contributed by atoms with van der Waals surface area (Å²) in [4.78, 5) is 10.9. The summed E-state index contributed by atoms with van der Waals surface area (Å²) >= 11 is 2.93. The molecule has 0 fully saturated rings. The van der Waals surface area contributed by atoms with E-state index in [1.54, 1.807) is 0 Å². The van der Waals surface area contributed by atoms with Crippen molar-refractivity contribution in [1.29, 1.82) is 0 Å². The number of ether oxygens (including phenoxy) is 2. The lowest BCUT2D eigenvalue weighted by molar-refractivity contribution is -0.138. The van der Waals surface area contributed by atoms with Crippen molar-refractivity contribution in [2.24, 2.45) is 0 Å². The number of esters is 1. The molecule has 15 heavy (non-hydrogen) atoms. The number of carbonyl (C=O) groups is 1. The normalized spacial score (nSPS) is 9.40. The maximum atomic E-state index is 10.9. The smallest absolute Gasteiger partial charge is 0.344 e. The van der Waals surface area contributed by atoms with Gasteiger partial charge in [-0.15, -0.1) is 0 Å². The molecule has 0 amide bonds. The summed E-state index contributed by atoms with van der Waals surface area (Å²) in [6.45, 7) is 3.93. The Morgan fingerprint density at radius 2 is 1.93 bits per heavy atom. The molecule has 80 valence electrons. The fourth-order valence-electron chi connectivity index (χ4n) is 0.889. The molecule has 0 aromatic heterocycles. The Bertz CT molecular complexity index is 335. The number of rotatable bonds is 5. The fraction of sp³-hybridized carbons (Fsp3) is 0.182. The summed E-state index contributed by atoms with van der Waals surface area (Å²) in [5.74, 6) is 0.290. The zero-order valence-electron chi connectivity index (χ0n) is 8.11. The van der Waals surface area contributed by atoms with Crippen molar-refractivity contribution >= 4 is 21.9 Å². The molecule has 0 saturated heterocycles. The third-order valence-corrected chi connectivity index (χ3v) is 1.87. The second kappa shape index (κ2) is 6.24. The molecule has 0 N–H and O–H groups in total. The van der Waals surface area contributed by atoms with Crippen LogP contribution in [0.25, 0.3) is 0 Å². The molecule has 0 aliphatic carbocycles. The third kappa shape index (κ3) is 4.65. The van der Waals surface area contributed by atoms with E-state index >= 15 is 0 Å². The minimum Gasteiger partial charge on any atom is -0.490 e. The molecule has 1 rings (SSSR count). The van der Waals surface area contributed by atoms with Crippen LogP contribution in [-0.2, 0) is 9.53 Å². The highest BCUT2D eigenvalue weighted by Gasteiger charge is 2.03. The minimum absolute atomic E-state index is 0.207. The van der Waals surface area contributed by atoms with E-state index in [-0.39, 0.29) is 11.1 Å². The standard InChI is InChI=1S/C11H11BrO3/c1-9(12)11(13)15-8-7-14-10-5-3-2-4-6-10/h2-6H,1,7-8H2. The highest BCUT2D eigenvalue weighted by molar-refractivity contribution is 9.12. The van der Waals surface area contributed by atoms with E-state index in [4.69, 9.17) is 9.47 Å². The summed E-state index contributed by atoms with van der Waals surface area (Å²) in [6.07, 6.45) is 0. The number of hydrogen-bond donors (Lipinski definition) is 0. The van der Waals surface area contributed by atoms with Gasteiger partial charge in [-0.25, -0.2) is 4.79 Å². The summed E-state index contributed by atoms with van der Waals surface area (Å²) in [5, 5.41) is 0. The van der Waals surface area contributed by atoms with Crippen LogP contribution in [0, 0.1) is 0 Å². The molecule has 1 aromatic rings. The number of halogens is 1. The Morgan fingerprint density at radius 1 is 1.27 bits per heavy atom. The molecule has 0 bridgehead atoms. The molecule has 0 heterocycles. The van der Waals surface area contributed by atoms with Crippen molar-refractivity contribution in [3.05, 3.63) is 41.4 Å². The van der Waals surface area contributed by atoms with E-state index in [0.717, 1.165) is 5.75 Å². The van der Waals surface area contributed by atoms with Crippen LogP contribution in [0.3, 0.4) is 0 Å². The average molecular weight is 271 g/mol. The highest BCUT2D eigenvalue weighted by Crippen LogP contribution is 2.08. The van der Waals surface area contributed by atoms with Crippen molar-refractivity contribution in [3.63, 3.8) is 0 Å². The van der Waals surface area contributed by atoms with Crippen LogP contribution in [0.5, 0.6) is 5.75 Å². The maximum Gasteiger partial charge on any atom is 0.344 e. The molecule has 0 aliphatic heterocycles. The first-order valence-corrected chi connectivity index (χ1v) is 5.19. The molecule has 3 nitrogen and oxygen atoms in total. The van der Waals surface area contributed by atoms with E-state index in [1.165, 1.54) is 0 Å². The molecule has 0 saturated carbocycles. The fourth-order valence-corrected chi connectivity index (χ4v) is 1.00. The molecule has 1 aromatic carbocycles. The molecular formula is C11H11BrO3. The molecule has 0 radical (unpaired) electrons. The largest absolute Gasteiger partial charge is 0.490 e. The molecule has 0 spiro atoms. The number of hydrogen-bond acceptors (Lipinski definition) is 3. The van der Waals surface area contributed by atoms with Gasteiger partial charge in [0, 0.05) is 0 Å². The van der Waals surface area contributed by atoms with Crippen molar-refractivity contribution in [1.82, 2.24) is 0 Å². The van der Waals surface area contributed by atoms with E-state index in [1.807, 2.05) is 30.3 Å². The van der Waals surface area contributed by atoms with Crippen LogP contribution < -0.4 is 4.74 Å². The van der Waals surface area contributed by atoms with Crippen LogP contribution in [-0.4, -0.2) is 19.2 Å². The van der Waals surface area contributed by atoms with E-state index in [2.05, 4.69) is 22.5 Å². The second-order valence-electron chi connectivity index (χ2n) is 2.70. The van der Waals surface area contributed by atoms with Crippen LogP contribution >= 0.6 is 15.9 Å². The van der Waals surface area contributed by atoms with Gasteiger partial charge in [-0.2, -0.15) is 0 Å². The summed E-state index contributed by atoms with van der Waals surface area (Å²) in [7, 11) is 0. The average Bonchev–Trinajstić information content (AvgIpc) is 2.25. The van der Waals surface area contributed by atoms with Gasteiger partial charge < -0.3 is 9.47 Å². The Morgan fingerprint density at radius 3 is 2.53 bits per heavy atom. The maximum absolute atomic E-state index is 10.9. The van der Waals surface area contributed by atoms with E-state index in [9.17, 15) is 4.79 Å². The molecular weight excluding hydrogens is 260 g/mol. The monoisotopic (exact) mass is 270 g/mol. The van der Waals surface area contributed by atoms with E-state index in [0.29, 0.717) is 6.61 Å². The molecule has 4 heteroatoms. The van der Waals surface area contributed by atoms with Crippen molar-refractivity contribution in [3.8, 4) is 5.75 Å². The lowest BCUT2D eigenvalue weighted by atomic mass is 10.3. The summed E-state index contributed by atoms with van der Waals surface area (Å²) < 4.78 is 10.3. The zero-order valence-corrected chi connectivity index (χ0v) is 9.70. The van der Waals surface area contributed by atoms with Gasteiger partial charge in [0.15, 0.2) is 0 Å². The highest BCUT2D eigenvalue weighted by atomic mass is 79.9. The molecule has 0 unspecified atom stereocenters. The van der Waals surface area contributed by atoms with Gasteiger partial charge in [0.1, 0.15) is 19.0 Å². The van der Waals surface area contributed by atoms with Crippen molar-refractivity contribution in [2.45, 2.75) is 0 Å². The lowest BCUT2D eigenvalue weighted by Gasteiger charge is -2.06. The Balaban J connectivity index is 2.18. The first kappa shape index (κ1) is 11.8. The topological polar surface area (TPSA) is 35.5 Å². The van der Waals surface area contributed by atoms with Gasteiger partial charge in [0.05, 0.1) is 4.48 Å². The van der Waals surface area contributed by atoms with Gasteiger partial charge in [-0.1, -0.05) is 24.8 Å². The van der Waals surface area contributed by atoms with Crippen LogP contribution in [0.15, 0.2) is 41.4 Å². The molecule has 0 atom stereocenters.